The fourth-order valence-electron chi connectivity index (χ4n) is 1.68. The summed E-state index contributed by atoms with van der Waals surface area (Å²) in [5.74, 6) is -0.0697. The number of carbonyl (C=O) groups excluding carboxylic acids is 1. The van der Waals surface area contributed by atoms with Crippen LogP contribution in [0, 0.1) is 6.92 Å². The second-order valence-corrected chi connectivity index (χ2v) is 9.43. The Kier molecular flexibility index (Phi) is 4.30. The Hall–Kier alpha value is -1.09. The molecule has 0 bridgehead atoms. The molecule has 0 radical (unpaired) electrons. The van der Waals surface area contributed by atoms with E-state index in [0.717, 1.165) is 0 Å². The molecule has 0 N–H and O–H groups in total. The molecule has 88 valence electrons. The van der Waals surface area contributed by atoms with Crippen LogP contribution in [0.3, 0.4) is 0 Å². The van der Waals surface area contributed by atoms with Crippen molar-refractivity contribution in [1.82, 2.24) is 0 Å². The van der Waals surface area contributed by atoms with Crippen LogP contribution in [0.15, 0.2) is 24.3 Å². The molecular weight excluding hydrogens is 216 g/mol. The van der Waals surface area contributed by atoms with Crippen molar-refractivity contribution in [1.29, 1.82) is 0 Å². The lowest BCUT2D eigenvalue weighted by atomic mass is 10.2. The quantitative estimate of drug-likeness (QED) is 0.593. The molecule has 1 aromatic carbocycles. The van der Waals surface area contributed by atoms with Gasteiger partial charge in [-0.05, 0) is 13.8 Å². The summed E-state index contributed by atoms with van der Waals surface area (Å²) in [6.07, 6.45) is 0. The summed E-state index contributed by atoms with van der Waals surface area (Å²) >= 11 is 0. The molecule has 16 heavy (non-hydrogen) atoms. The molecule has 0 saturated carbocycles. The Morgan fingerprint density at radius 3 is 2.31 bits per heavy atom. The van der Waals surface area contributed by atoms with E-state index in [2.05, 4.69) is 44.3 Å². The van der Waals surface area contributed by atoms with Gasteiger partial charge in [-0.3, -0.25) is 4.79 Å². The SMILES string of the molecule is CCOC(=O)C[Si](C)(C)c1ccc(C)cc1. The van der Waals surface area contributed by atoms with Gasteiger partial charge in [-0.15, -0.1) is 0 Å². The number of ether oxygens (including phenoxy) is 1. The third kappa shape index (κ3) is 3.49. The molecule has 0 aliphatic rings. The van der Waals surface area contributed by atoms with E-state index in [4.69, 9.17) is 4.74 Å². The van der Waals surface area contributed by atoms with Gasteiger partial charge in [0.05, 0.1) is 14.7 Å². The summed E-state index contributed by atoms with van der Waals surface area (Å²) in [5, 5.41) is 1.31. The average molecular weight is 236 g/mol. The zero-order valence-electron chi connectivity index (χ0n) is 10.5. The third-order valence-corrected chi connectivity index (χ3v) is 5.79. The summed E-state index contributed by atoms with van der Waals surface area (Å²) in [7, 11) is -1.68. The number of hydrogen-bond acceptors (Lipinski definition) is 2. The Labute approximate surface area is 98.6 Å². The molecule has 0 aromatic heterocycles. The highest BCUT2D eigenvalue weighted by Gasteiger charge is 2.27. The maximum atomic E-state index is 11.5. The van der Waals surface area contributed by atoms with Gasteiger partial charge in [0.2, 0.25) is 0 Å². The lowest BCUT2D eigenvalue weighted by Crippen LogP contribution is -2.43. The van der Waals surface area contributed by atoms with Gasteiger partial charge in [-0.2, -0.15) is 0 Å². The van der Waals surface area contributed by atoms with Gasteiger partial charge < -0.3 is 4.74 Å². The van der Waals surface area contributed by atoms with Crippen LogP contribution in [0.5, 0.6) is 0 Å². The summed E-state index contributed by atoms with van der Waals surface area (Å²) in [6, 6.07) is 9.05. The Morgan fingerprint density at radius 1 is 1.25 bits per heavy atom. The molecule has 0 fully saturated rings. The Bertz CT molecular complexity index is 355. The number of esters is 1. The minimum absolute atomic E-state index is 0.0697. The molecule has 0 saturated heterocycles. The van der Waals surface area contributed by atoms with Gasteiger partial charge in [-0.1, -0.05) is 48.1 Å². The van der Waals surface area contributed by atoms with E-state index in [1.165, 1.54) is 10.8 Å². The third-order valence-electron chi connectivity index (χ3n) is 2.72. The first-order valence-electron chi connectivity index (χ1n) is 5.68. The van der Waals surface area contributed by atoms with Crippen molar-refractivity contribution in [2.24, 2.45) is 0 Å². The van der Waals surface area contributed by atoms with E-state index >= 15 is 0 Å². The maximum Gasteiger partial charge on any atom is 0.303 e. The Balaban J connectivity index is 2.76. The highest BCUT2D eigenvalue weighted by Crippen LogP contribution is 2.11. The molecule has 0 unspecified atom stereocenters. The molecular formula is C13H20O2Si. The average Bonchev–Trinajstić information content (AvgIpc) is 2.17. The van der Waals surface area contributed by atoms with Crippen molar-refractivity contribution in [2.75, 3.05) is 6.61 Å². The van der Waals surface area contributed by atoms with Gasteiger partial charge in [0.25, 0.3) is 0 Å². The molecule has 2 nitrogen and oxygen atoms in total. The second kappa shape index (κ2) is 5.30. The first kappa shape index (κ1) is 13.0. The molecule has 0 spiro atoms. The summed E-state index contributed by atoms with van der Waals surface area (Å²) in [5.41, 5.74) is 1.25. The van der Waals surface area contributed by atoms with Crippen LogP contribution in [0.1, 0.15) is 12.5 Å². The largest absolute Gasteiger partial charge is 0.466 e. The highest BCUT2D eigenvalue weighted by atomic mass is 28.3. The van der Waals surface area contributed by atoms with Crippen LogP contribution in [-0.4, -0.2) is 20.7 Å². The van der Waals surface area contributed by atoms with Crippen LogP contribution in [-0.2, 0) is 9.53 Å². The standard InChI is InChI=1S/C13H20O2Si/c1-5-15-13(14)10-16(3,4)12-8-6-11(2)7-9-12/h6-9H,5,10H2,1-4H3. The highest BCUT2D eigenvalue weighted by molar-refractivity contribution is 6.91. The molecule has 1 rings (SSSR count). The fourth-order valence-corrected chi connectivity index (χ4v) is 3.78. The Morgan fingerprint density at radius 2 is 1.81 bits per heavy atom. The van der Waals surface area contributed by atoms with Crippen molar-refractivity contribution in [3.63, 3.8) is 0 Å². The lowest BCUT2D eigenvalue weighted by Gasteiger charge is -2.21. The van der Waals surface area contributed by atoms with Crippen molar-refractivity contribution >= 4 is 19.2 Å². The van der Waals surface area contributed by atoms with E-state index in [1.54, 1.807) is 0 Å². The maximum absolute atomic E-state index is 11.5. The number of rotatable bonds is 4. The predicted molar refractivity (Wildman–Crippen MR) is 69.7 cm³/mol. The molecule has 0 heterocycles. The molecule has 0 atom stereocenters. The molecule has 1 aromatic rings. The van der Waals surface area contributed by atoms with Gasteiger partial charge in [0.15, 0.2) is 0 Å². The normalized spacial score (nSPS) is 11.2. The first-order valence-corrected chi connectivity index (χ1v) is 8.89. The van der Waals surface area contributed by atoms with Crippen molar-refractivity contribution in [3.8, 4) is 0 Å². The van der Waals surface area contributed by atoms with Gasteiger partial charge >= 0.3 is 5.97 Å². The van der Waals surface area contributed by atoms with E-state index in [9.17, 15) is 4.79 Å². The smallest absolute Gasteiger partial charge is 0.303 e. The fraction of sp³-hybridized carbons (Fsp3) is 0.462. The van der Waals surface area contributed by atoms with E-state index in [1.807, 2.05) is 6.92 Å². The molecule has 0 aliphatic carbocycles. The number of aryl methyl sites for hydroxylation is 1. The zero-order valence-corrected chi connectivity index (χ0v) is 11.5. The summed E-state index contributed by atoms with van der Waals surface area (Å²) in [6.45, 7) is 8.79. The van der Waals surface area contributed by atoms with E-state index in [0.29, 0.717) is 12.7 Å². The van der Waals surface area contributed by atoms with Crippen LogP contribution in [0.4, 0.5) is 0 Å². The summed E-state index contributed by atoms with van der Waals surface area (Å²) < 4.78 is 5.02. The van der Waals surface area contributed by atoms with Crippen molar-refractivity contribution in [3.05, 3.63) is 29.8 Å². The second-order valence-electron chi connectivity index (χ2n) is 4.73. The minimum atomic E-state index is -1.68. The number of carbonyl (C=O) groups is 1. The van der Waals surface area contributed by atoms with Crippen LogP contribution < -0.4 is 5.19 Å². The minimum Gasteiger partial charge on any atom is -0.466 e. The number of hydrogen-bond donors (Lipinski definition) is 0. The molecule has 0 aliphatic heterocycles. The van der Waals surface area contributed by atoms with Gasteiger partial charge in [0, 0.05) is 6.04 Å². The lowest BCUT2D eigenvalue weighted by molar-refractivity contribution is -0.140. The van der Waals surface area contributed by atoms with Gasteiger partial charge in [-0.25, -0.2) is 0 Å². The number of benzene rings is 1. The summed E-state index contributed by atoms with van der Waals surface area (Å²) in [4.78, 5) is 11.5. The van der Waals surface area contributed by atoms with Crippen LogP contribution in [0.2, 0.25) is 19.1 Å². The van der Waals surface area contributed by atoms with E-state index < -0.39 is 8.07 Å². The van der Waals surface area contributed by atoms with E-state index in [-0.39, 0.29) is 5.97 Å². The van der Waals surface area contributed by atoms with Crippen LogP contribution >= 0.6 is 0 Å². The van der Waals surface area contributed by atoms with Crippen molar-refractivity contribution < 1.29 is 9.53 Å². The van der Waals surface area contributed by atoms with Crippen molar-refractivity contribution in [2.45, 2.75) is 33.0 Å². The topological polar surface area (TPSA) is 26.3 Å². The first-order chi connectivity index (χ1) is 7.45. The zero-order chi connectivity index (χ0) is 12.2. The molecule has 0 amide bonds. The van der Waals surface area contributed by atoms with Crippen LogP contribution in [0.25, 0.3) is 0 Å². The molecule has 3 heteroatoms. The monoisotopic (exact) mass is 236 g/mol. The van der Waals surface area contributed by atoms with Gasteiger partial charge in [0.1, 0.15) is 0 Å². The predicted octanol–water partition coefficient (Wildman–Crippen LogP) is 2.47.